The first-order valence-corrected chi connectivity index (χ1v) is 8.23. The molecule has 6 heteroatoms. The maximum Gasteiger partial charge on any atom is 0.306 e. The van der Waals surface area contributed by atoms with E-state index in [0.29, 0.717) is 31.7 Å². The summed E-state index contributed by atoms with van der Waals surface area (Å²) in [5, 5.41) is 8.93. The number of thioether (sulfide) groups is 1. The summed E-state index contributed by atoms with van der Waals surface area (Å²) >= 11 is 4.91. The molecule has 1 aliphatic rings. The first kappa shape index (κ1) is 15.4. The largest absolute Gasteiger partial charge is 0.481 e. The fourth-order valence-corrected chi connectivity index (χ4v) is 3.58. The third kappa shape index (κ3) is 4.24. The van der Waals surface area contributed by atoms with Gasteiger partial charge >= 0.3 is 5.97 Å². The highest BCUT2D eigenvalue weighted by atomic mass is 79.9. The molecule has 1 aromatic carbocycles. The van der Waals surface area contributed by atoms with E-state index in [9.17, 15) is 9.59 Å². The lowest BCUT2D eigenvalue weighted by molar-refractivity contribution is -0.145. The van der Waals surface area contributed by atoms with E-state index in [2.05, 4.69) is 15.9 Å². The highest BCUT2D eigenvalue weighted by Crippen LogP contribution is 2.23. The summed E-state index contributed by atoms with van der Waals surface area (Å²) in [6, 6.07) is 7.84. The van der Waals surface area contributed by atoms with E-state index in [0.717, 1.165) is 9.37 Å². The molecule has 20 heavy (non-hydrogen) atoms. The molecule has 1 aliphatic heterocycles. The topological polar surface area (TPSA) is 57.6 Å². The average molecular weight is 358 g/mol. The molecule has 0 aromatic heterocycles. The Hall–Kier alpha value is -1.01. The summed E-state index contributed by atoms with van der Waals surface area (Å²) < 4.78 is 0.997. The Morgan fingerprint density at radius 1 is 1.35 bits per heavy atom. The summed E-state index contributed by atoms with van der Waals surface area (Å²) in [5.74, 6) is -0.565. The van der Waals surface area contributed by atoms with E-state index in [1.165, 1.54) is 11.8 Å². The lowest BCUT2D eigenvalue weighted by Crippen LogP contribution is -2.41. The molecule has 2 rings (SSSR count). The van der Waals surface area contributed by atoms with Crippen LogP contribution in [-0.4, -0.2) is 40.7 Å². The molecule has 0 bridgehead atoms. The smallest absolute Gasteiger partial charge is 0.306 e. The molecule has 1 amide bonds. The van der Waals surface area contributed by atoms with E-state index in [1.54, 1.807) is 4.90 Å². The molecular formula is C14H16BrNO3S. The minimum atomic E-state index is -0.749. The number of aliphatic carboxylic acids is 1. The summed E-state index contributed by atoms with van der Waals surface area (Å²) in [6.45, 7) is 1.10. The molecule has 0 unspecified atom stereocenters. The van der Waals surface area contributed by atoms with Crippen LogP contribution in [0.1, 0.15) is 12.8 Å². The molecule has 4 nitrogen and oxygen atoms in total. The average Bonchev–Trinajstić information content (AvgIpc) is 2.45. The molecule has 0 spiro atoms. The van der Waals surface area contributed by atoms with Crippen molar-refractivity contribution in [1.29, 1.82) is 0 Å². The van der Waals surface area contributed by atoms with Crippen LogP contribution in [0, 0.1) is 5.92 Å². The van der Waals surface area contributed by atoms with E-state index in [-0.39, 0.29) is 11.8 Å². The van der Waals surface area contributed by atoms with Crippen molar-refractivity contribution in [3.63, 3.8) is 0 Å². The Morgan fingerprint density at radius 3 is 2.65 bits per heavy atom. The molecule has 0 atom stereocenters. The maximum absolute atomic E-state index is 12.1. The van der Waals surface area contributed by atoms with Gasteiger partial charge in [0.05, 0.1) is 11.7 Å². The normalized spacial score (nSPS) is 16.1. The van der Waals surface area contributed by atoms with E-state index in [4.69, 9.17) is 5.11 Å². The molecule has 0 saturated carbocycles. The fraction of sp³-hybridized carbons (Fsp3) is 0.429. The van der Waals surface area contributed by atoms with Gasteiger partial charge in [-0.15, -0.1) is 11.8 Å². The number of halogens is 1. The van der Waals surface area contributed by atoms with Crippen molar-refractivity contribution >= 4 is 39.6 Å². The Labute approximate surface area is 130 Å². The molecular weight excluding hydrogens is 342 g/mol. The highest BCUT2D eigenvalue weighted by Gasteiger charge is 2.26. The second kappa shape index (κ2) is 7.13. The molecule has 108 valence electrons. The number of carbonyl (C=O) groups excluding carboxylic acids is 1. The first-order valence-electron chi connectivity index (χ1n) is 6.45. The maximum atomic E-state index is 12.1. The Morgan fingerprint density at radius 2 is 2.05 bits per heavy atom. The van der Waals surface area contributed by atoms with Crippen molar-refractivity contribution < 1.29 is 14.7 Å². The van der Waals surface area contributed by atoms with Crippen LogP contribution >= 0.6 is 27.7 Å². The van der Waals surface area contributed by atoms with Crippen LogP contribution < -0.4 is 0 Å². The van der Waals surface area contributed by atoms with Gasteiger partial charge in [-0.1, -0.05) is 22.0 Å². The summed E-state index contributed by atoms with van der Waals surface area (Å²) in [6.07, 6.45) is 1.12. The van der Waals surface area contributed by atoms with Crippen LogP contribution in [0.15, 0.2) is 33.6 Å². The van der Waals surface area contributed by atoms with Crippen LogP contribution in [0.5, 0.6) is 0 Å². The predicted octanol–water partition coefficient (Wildman–Crippen LogP) is 2.86. The van der Waals surface area contributed by atoms with Gasteiger partial charge in [0.15, 0.2) is 0 Å². The number of nitrogens with zero attached hydrogens (tertiary/aromatic N) is 1. The molecule has 1 N–H and O–H groups in total. The minimum Gasteiger partial charge on any atom is -0.481 e. The minimum absolute atomic E-state index is 0.0822. The van der Waals surface area contributed by atoms with Gasteiger partial charge in [0.25, 0.3) is 0 Å². The van der Waals surface area contributed by atoms with Gasteiger partial charge in [0.1, 0.15) is 0 Å². The van der Waals surface area contributed by atoms with Gasteiger partial charge in [-0.3, -0.25) is 9.59 Å². The summed E-state index contributed by atoms with van der Waals surface area (Å²) in [4.78, 5) is 25.8. The van der Waals surface area contributed by atoms with Gasteiger partial charge in [-0.25, -0.2) is 0 Å². The number of carbonyl (C=O) groups is 2. The zero-order valence-electron chi connectivity index (χ0n) is 10.9. The fourth-order valence-electron chi connectivity index (χ4n) is 2.17. The van der Waals surface area contributed by atoms with Crippen molar-refractivity contribution in [3.05, 3.63) is 28.7 Å². The third-order valence-electron chi connectivity index (χ3n) is 3.36. The van der Waals surface area contributed by atoms with Gasteiger partial charge in [-0.2, -0.15) is 0 Å². The van der Waals surface area contributed by atoms with Gasteiger partial charge < -0.3 is 10.0 Å². The van der Waals surface area contributed by atoms with Gasteiger partial charge in [0.2, 0.25) is 5.91 Å². The predicted molar refractivity (Wildman–Crippen MR) is 81.8 cm³/mol. The summed E-state index contributed by atoms with van der Waals surface area (Å²) in [5.41, 5.74) is 0. The van der Waals surface area contributed by atoms with E-state index >= 15 is 0 Å². The zero-order valence-corrected chi connectivity index (χ0v) is 13.3. The zero-order chi connectivity index (χ0) is 14.5. The second-order valence-corrected chi connectivity index (χ2v) is 6.70. The third-order valence-corrected chi connectivity index (χ3v) is 4.83. The number of benzene rings is 1. The van der Waals surface area contributed by atoms with Crippen molar-refractivity contribution in [2.24, 2.45) is 5.92 Å². The lowest BCUT2D eigenvalue weighted by atomic mass is 9.97. The van der Waals surface area contributed by atoms with Crippen LogP contribution in [0.3, 0.4) is 0 Å². The van der Waals surface area contributed by atoms with Gasteiger partial charge in [-0.05, 0) is 31.0 Å². The number of carboxylic acid groups (broad SMARTS) is 1. The molecule has 0 radical (unpaired) electrons. The standard InChI is InChI=1S/C14H16BrNO3S/c15-11-2-1-3-12(8-11)20-9-13(17)16-6-4-10(5-7-16)14(18)19/h1-3,8,10H,4-7,9H2,(H,18,19). The molecule has 0 aliphatic carbocycles. The number of piperidine rings is 1. The van der Waals surface area contributed by atoms with Crippen LogP contribution in [-0.2, 0) is 9.59 Å². The quantitative estimate of drug-likeness (QED) is 0.841. The number of carboxylic acids is 1. The van der Waals surface area contributed by atoms with Gasteiger partial charge in [0, 0.05) is 22.5 Å². The number of rotatable bonds is 4. The lowest BCUT2D eigenvalue weighted by Gasteiger charge is -2.30. The number of amides is 1. The molecule has 1 fully saturated rings. The Balaban J connectivity index is 1.80. The highest BCUT2D eigenvalue weighted by molar-refractivity contribution is 9.10. The van der Waals surface area contributed by atoms with Crippen molar-refractivity contribution in [2.45, 2.75) is 17.7 Å². The van der Waals surface area contributed by atoms with E-state index < -0.39 is 5.97 Å². The Kier molecular flexibility index (Phi) is 5.48. The number of likely N-dealkylation sites (tertiary alicyclic amines) is 1. The van der Waals surface area contributed by atoms with Crippen LogP contribution in [0.4, 0.5) is 0 Å². The molecule has 1 heterocycles. The number of hydrogen-bond donors (Lipinski definition) is 1. The molecule has 1 aromatic rings. The monoisotopic (exact) mass is 357 g/mol. The molecule has 1 saturated heterocycles. The van der Waals surface area contributed by atoms with E-state index in [1.807, 2.05) is 24.3 Å². The van der Waals surface area contributed by atoms with Crippen molar-refractivity contribution in [3.8, 4) is 0 Å². The Bertz CT molecular complexity index is 501. The second-order valence-electron chi connectivity index (χ2n) is 4.74. The summed E-state index contributed by atoms with van der Waals surface area (Å²) in [7, 11) is 0. The van der Waals surface area contributed by atoms with Crippen molar-refractivity contribution in [1.82, 2.24) is 4.90 Å². The number of hydrogen-bond acceptors (Lipinski definition) is 3. The SMILES string of the molecule is O=C(O)C1CCN(C(=O)CSc2cccc(Br)c2)CC1. The van der Waals surface area contributed by atoms with Crippen molar-refractivity contribution in [2.75, 3.05) is 18.8 Å². The van der Waals surface area contributed by atoms with Crippen LogP contribution in [0.2, 0.25) is 0 Å². The first-order chi connectivity index (χ1) is 9.56. The van der Waals surface area contributed by atoms with Crippen LogP contribution in [0.25, 0.3) is 0 Å².